The Bertz CT molecular complexity index is 481. The molecule has 6 nitrogen and oxygen atoms in total. The molecule has 1 aliphatic rings. The maximum absolute atomic E-state index is 11.9. The summed E-state index contributed by atoms with van der Waals surface area (Å²) >= 11 is 0. The second kappa shape index (κ2) is 7.75. The van der Waals surface area contributed by atoms with Crippen LogP contribution in [0.4, 0.5) is 0 Å². The summed E-state index contributed by atoms with van der Waals surface area (Å²) in [5.41, 5.74) is 6.11. The normalized spacial score (nSPS) is 15.6. The van der Waals surface area contributed by atoms with E-state index in [1.807, 2.05) is 0 Å². The van der Waals surface area contributed by atoms with Gasteiger partial charge in [-0.15, -0.1) is 0 Å². The van der Waals surface area contributed by atoms with Crippen molar-refractivity contribution in [3.63, 3.8) is 0 Å². The molecule has 0 unspecified atom stereocenters. The molecule has 2 amide bonds. The van der Waals surface area contributed by atoms with E-state index < -0.39 is 5.91 Å². The number of hydrogen-bond donors (Lipinski definition) is 3. The second-order valence-corrected chi connectivity index (χ2v) is 5.14. The first-order valence-electron chi connectivity index (χ1n) is 7.28. The molecule has 4 N–H and O–H groups in total. The highest BCUT2D eigenvalue weighted by molar-refractivity contribution is 5.97. The summed E-state index contributed by atoms with van der Waals surface area (Å²) in [5, 5.41) is 6.20. The van der Waals surface area contributed by atoms with Gasteiger partial charge in [-0.2, -0.15) is 0 Å². The molecule has 1 aromatic rings. The molecule has 1 fully saturated rings. The minimum atomic E-state index is -0.488. The Morgan fingerprint density at radius 1 is 1.14 bits per heavy atom. The molecule has 1 heterocycles. The second-order valence-electron chi connectivity index (χ2n) is 5.14. The number of piperazine rings is 1. The molecule has 0 radical (unpaired) electrons. The lowest BCUT2D eigenvalue weighted by molar-refractivity contribution is 0.0948. The van der Waals surface area contributed by atoms with Crippen molar-refractivity contribution < 1.29 is 9.59 Å². The average molecular weight is 290 g/mol. The van der Waals surface area contributed by atoms with Crippen molar-refractivity contribution in [1.82, 2.24) is 15.5 Å². The van der Waals surface area contributed by atoms with E-state index in [0.29, 0.717) is 17.7 Å². The summed E-state index contributed by atoms with van der Waals surface area (Å²) in [6.07, 6.45) is 0.936. The molecule has 1 saturated heterocycles. The molecule has 0 atom stereocenters. The molecule has 114 valence electrons. The van der Waals surface area contributed by atoms with E-state index in [0.717, 1.165) is 39.1 Å². The van der Waals surface area contributed by atoms with Crippen LogP contribution in [0.15, 0.2) is 24.3 Å². The van der Waals surface area contributed by atoms with Crippen LogP contribution in [0, 0.1) is 0 Å². The third kappa shape index (κ3) is 4.84. The highest BCUT2D eigenvalue weighted by atomic mass is 16.2. The zero-order chi connectivity index (χ0) is 15.1. The lowest BCUT2D eigenvalue weighted by Crippen LogP contribution is -2.44. The molecule has 0 saturated carbocycles. The minimum Gasteiger partial charge on any atom is -0.366 e. The van der Waals surface area contributed by atoms with Gasteiger partial charge in [0.15, 0.2) is 0 Å². The summed E-state index contributed by atoms with van der Waals surface area (Å²) in [5.74, 6) is -0.607. The van der Waals surface area contributed by atoms with Crippen molar-refractivity contribution >= 4 is 11.8 Å². The van der Waals surface area contributed by atoms with E-state index in [1.54, 1.807) is 24.3 Å². The van der Waals surface area contributed by atoms with Crippen LogP contribution in [0.3, 0.4) is 0 Å². The van der Waals surface area contributed by atoms with Gasteiger partial charge in [-0.25, -0.2) is 0 Å². The lowest BCUT2D eigenvalue weighted by atomic mass is 10.1. The van der Waals surface area contributed by atoms with E-state index in [4.69, 9.17) is 5.73 Å². The van der Waals surface area contributed by atoms with Crippen LogP contribution in [0.5, 0.6) is 0 Å². The molecule has 1 aliphatic heterocycles. The molecule has 0 spiro atoms. The predicted octanol–water partition coefficient (Wildman–Crippen LogP) is -0.189. The predicted molar refractivity (Wildman–Crippen MR) is 81.2 cm³/mol. The molecule has 2 rings (SSSR count). The number of benzene rings is 1. The third-order valence-electron chi connectivity index (χ3n) is 3.58. The van der Waals surface area contributed by atoms with Crippen LogP contribution < -0.4 is 16.4 Å². The van der Waals surface area contributed by atoms with Crippen molar-refractivity contribution in [3.8, 4) is 0 Å². The number of hydrogen-bond acceptors (Lipinski definition) is 4. The number of carbonyl (C=O) groups excluding carboxylic acids is 2. The number of rotatable bonds is 6. The number of nitrogens with two attached hydrogens (primary N) is 1. The molecule has 0 aromatic heterocycles. The fourth-order valence-electron chi connectivity index (χ4n) is 2.33. The minimum absolute atomic E-state index is 0.119. The Hall–Kier alpha value is -1.92. The highest BCUT2D eigenvalue weighted by Crippen LogP contribution is 2.04. The van der Waals surface area contributed by atoms with E-state index >= 15 is 0 Å². The largest absolute Gasteiger partial charge is 0.366 e. The highest BCUT2D eigenvalue weighted by Gasteiger charge is 2.09. The van der Waals surface area contributed by atoms with Gasteiger partial charge in [0, 0.05) is 43.9 Å². The van der Waals surface area contributed by atoms with Gasteiger partial charge in [-0.3, -0.25) is 9.59 Å². The Morgan fingerprint density at radius 2 is 1.76 bits per heavy atom. The number of amides is 2. The Morgan fingerprint density at radius 3 is 2.38 bits per heavy atom. The smallest absolute Gasteiger partial charge is 0.251 e. The Balaban J connectivity index is 1.70. The molecule has 21 heavy (non-hydrogen) atoms. The van der Waals surface area contributed by atoms with Crippen LogP contribution in [-0.2, 0) is 0 Å². The first-order valence-corrected chi connectivity index (χ1v) is 7.28. The quantitative estimate of drug-likeness (QED) is 0.634. The van der Waals surface area contributed by atoms with Gasteiger partial charge < -0.3 is 21.3 Å². The molecule has 0 aliphatic carbocycles. The number of nitrogens with one attached hydrogen (secondary N) is 2. The lowest BCUT2D eigenvalue weighted by Gasteiger charge is -2.27. The summed E-state index contributed by atoms with van der Waals surface area (Å²) in [6.45, 7) is 5.88. The first kappa shape index (κ1) is 15.5. The van der Waals surface area contributed by atoms with Crippen molar-refractivity contribution in [3.05, 3.63) is 35.4 Å². The summed E-state index contributed by atoms with van der Waals surface area (Å²) < 4.78 is 0. The number of carbonyl (C=O) groups is 2. The molecule has 6 heteroatoms. The van der Waals surface area contributed by atoms with Gasteiger partial charge in [-0.1, -0.05) is 0 Å². The number of nitrogens with zero attached hydrogens (tertiary/aromatic N) is 1. The van der Waals surface area contributed by atoms with Crippen LogP contribution >= 0.6 is 0 Å². The zero-order valence-electron chi connectivity index (χ0n) is 12.1. The van der Waals surface area contributed by atoms with Crippen molar-refractivity contribution in [1.29, 1.82) is 0 Å². The van der Waals surface area contributed by atoms with Gasteiger partial charge in [0.1, 0.15) is 0 Å². The van der Waals surface area contributed by atoms with Crippen LogP contribution in [0.1, 0.15) is 27.1 Å². The van der Waals surface area contributed by atoms with E-state index in [9.17, 15) is 9.59 Å². The molecular weight excluding hydrogens is 268 g/mol. The van der Waals surface area contributed by atoms with Crippen molar-refractivity contribution in [2.75, 3.05) is 39.3 Å². The Kier molecular flexibility index (Phi) is 5.71. The summed E-state index contributed by atoms with van der Waals surface area (Å²) in [7, 11) is 0. The first-order chi connectivity index (χ1) is 10.2. The van der Waals surface area contributed by atoms with E-state index in [2.05, 4.69) is 15.5 Å². The SMILES string of the molecule is NC(=O)c1ccc(C(=O)NCCCN2CCNCC2)cc1. The standard InChI is InChI=1S/C15H22N4O2/c16-14(20)12-2-4-13(5-3-12)15(21)18-6-1-9-19-10-7-17-8-11-19/h2-5,17H,1,6-11H2,(H2,16,20)(H,18,21). The van der Waals surface area contributed by atoms with Crippen LogP contribution in [0.25, 0.3) is 0 Å². The molecule has 1 aromatic carbocycles. The van der Waals surface area contributed by atoms with Gasteiger partial charge in [0.05, 0.1) is 0 Å². The van der Waals surface area contributed by atoms with Crippen molar-refractivity contribution in [2.24, 2.45) is 5.73 Å². The van der Waals surface area contributed by atoms with E-state index in [1.165, 1.54) is 0 Å². The van der Waals surface area contributed by atoms with Gasteiger partial charge in [0.25, 0.3) is 5.91 Å². The zero-order valence-corrected chi connectivity index (χ0v) is 12.1. The van der Waals surface area contributed by atoms with Gasteiger partial charge in [0.2, 0.25) is 5.91 Å². The molecule has 0 bridgehead atoms. The summed E-state index contributed by atoms with van der Waals surface area (Å²) in [6, 6.07) is 6.37. The fourth-order valence-corrected chi connectivity index (χ4v) is 2.33. The van der Waals surface area contributed by atoms with Crippen LogP contribution in [0.2, 0.25) is 0 Å². The topological polar surface area (TPSA) is 87.5 Å². The van der Waals surface area contributed by atoms with Gasteiger partial charge >= 0.3 is 0 Å². The van der Waals surface area contributed by atoms with E-state index in [-0.39, 0.29) is 5.91 Å². The fraction of sp³-hybridized carbons (Fsp3) is 0.467. The summed E-state index contributed by atoms with van der Waals surface area (Å²) in [4.78, 5) is 25.3. The van der Waals surface area contributed by atoms with Gasteiger partial charge in [-0.05, 0) is 37.2 Å². The van der Waals surface area contributed by atoms with Crippen LogP contribution in [-0.4, -0.2) is 56.0 Å². The van der Waals surface area contributed by atoms with Crippen molar-refractivity contribution in [2.45, 2.75) is 6.42 Å². The number of primary amides is 1. The Labute approximate surface area is 124 Å². The maximum Gasteiger partial charge on any atom is 0.251 e. The molecular formula is C15H22N4O2. The third-order valence-corrected chi connectivity index (χ3v) is 3.58. The average Bonchev–Trinajstić information content (AvgIpc) is 2.52. The maximum atomic E-state index is 11.9. The monoisotopic (exact) mass is 290 g/mol.